The van der Waals surface area contributed by atoms with Crippen LogP contribution in [0, 0.1) is 0 Å². The number of anilines is 1. The van der Waals surface area contributed by atoms with Gasteiger partial charge in [0.15, 0.2) is 11.5 Å². The van der Waals surface area contributed by atoms with Gasteiger partial charge in [0, 0.05) is 23.7 Å². The van der Waals surface area contributed by atoms with E-state index < -0.39 is 21.8 Å². The minimum atomic E-state index is -3.86. The van der Waals surface area contributed by atoms with Crippen LogP contribution in [0.25, 0.3) is 11.3 Å². The number of rotatable bonds is 5. The van der Waals surface area contributed by atoms with Gasteiger partial charge in [-0.15, -0.1) is 0 Å². The SMILES string of the molecule is O=C(NNC(=O)c1cc(-c2ccccc2)on1)c1cccc(S(=O)(=O)N2CCc3ccccc32)c1. The number of aromatic nitrogens is 1. The lowest BCUT2D eigenvalue weighted by molar-refractivity contribution is 0.0841. The Morgan fingerprint density at radius 3 is 2.43 bits per heavy atom. The number of nitrogens with one attached hydrogen (secondary N) is 2. The summed E-state index contributed by atoms with van der Waals surface area (Å²) in [7, 11) is -3.86. The fourth-order valence-electron chi connectivity index (χ4n) is 3.85. The topological polar surface area (TPSA) is 122 Å². The van der Waals surface area contributed by atoms with E-state index in [0.29, 0.717) is 24.4 Å². The van der Waals surface area contributed by atoms with Crippen molar-refractivity contribution in [1.82, 2.24) is 16.0 Å². The van der Waals surface area contributed by atoms with Crippen molar-refractivity contribution < 1.29 is 22.5 Å². The quantitative estimate of drug-likeness (QED) is 0.416. The number of fused-ring (bicyclic) bond motifs is 1. The molecule has 0 atom stereocenters. The van der Waals surface area contributed by atoms with Crippen molar-refractivity contribution in [3.8, 4) is 11.3 Å². The zero-order valence-electron chi connectivity index (χ0n) is 18.3. The molecule has 0 radical (unpaired) electrons. The molecule has 3 aromatic carbocycles. The van der Waals surface area contributed by atoms with Gasteiger partial charge < -0.3 is 4.52 Å². The highest BCUT2D eigenvalue weighted by Crippen LogP contribution is 2.32. The van der Waals surface area contributed by atoms with Gasteiger partial charge in [0.1, 0.15) is 0 Å². The van der Waals surface area contributed by atoms with E-state index in [9.17, 15) is 18.0 Å². The van der Waals surface area contributed by atoms with Crippen LogP contribution in [-0.4, -0.2) is 31.9 Å². The Bertz CT molecular complexity index is 1520. The van der Waals surface area contributed by atoms with Crippen LogP contribution < -0.4 is 15.2 Å². The molecule has 2 N–H and O–H groups in total. The molecule has 9 nitrogen and oxygen atoms in total. The molecule has 1 aromatic heterocycles. The van der Waals surface area contributed by atoms with Gasteiger partial charge in [-0.3, -0.25) is 24.7 Å². The summed E-state index contributed by atoms with van der Waals surface area (Å²) in [6.07, 6.45) is 0.621. The van der Waals surface area contributed by atoms with Crippen LogP contribution in [0.1, 0.15) is 26.4 Å². The van der Waals surface area contributed by atoms with Crippen LogP contribution in [-0.2, 0) is 16.4 Å². The van der Waals surface area contributed by atoms with Crippen molar-refractivity contribution in [1.29, 1.82) is 0 Å². The predicted octanol–water partition coefficient (Wildman–Crippen LogP) is 3.17. The maximum Gasteiger partial charge on any atom is 0.291 e. The molecule has 2 amide bonds. The van der Waals surface area contributed by atoms with Crippen molar-refractivity contribution in [2.75, 3.05) is 10.8 Å². The summed E-state index contributed by atoms with van der Waals surface area (Å²) in [6, 6.07) is 23.6. The Hall–Kier alpha value is -4.44. The molecule has 1 aliphatic heterocycles. The smallest absolute Gasteiger partial charge is 0.291 e. The third kappa shape index (κ3) is 4.38. The summed E-state index contributed by atoms with van der Waals surface area (Å²) in [5.74, 6) is -0.950. The van der Waals surface area contributed by atoms with E-state index >= 15 is 0 Å². The zero-order valence-corrected chi connectivity index (χ0v) is 19.2. The first-order valence-corrected chi connectivity index (χ1v) is 12.2. The van der Waals surface area contributed by atoms with E-state index in [1.807, 2.05) is 42.5 Å². The van der Waals surface area contributed by atoms with E-state index in [1.165, 1.54) is 34.6 Å². The molecule has 0 saturated carbocycles. The van der Waals surface area contributed by atoms with Crippen LogP contribution in [0.4, 0.5) is 5.69 Å². The van der Waals surface area contributed by atoms with E-state index in [4.69, 9.17) is 4.52 Å². The number of para-hydroxylation sites is 1. The predicted molar refractivity (Wildman–Crippen MR) is 128 cm³/mol. The second-order valence-electron chi connectivity index (χ2n) is 7.83. The average Bonchev–Trinajstić information content (AvgIpc) is 3.56. The highest BCUT2D eigenvalue weighted by Gasteiger charge is 2.31. The third-order valence-electron chi connectivity index (χ3n) is 5.62. The van der Waals surface area contributed by atoms with Gasteiger partial charge in [-0.1, -0.05) is 59.8 Å². The molecular weight excluding hydrogens is 468 g/mol. The van der Waals surface area contributed by atoms with Gasteiger partial charge in [0.25, 0.3) is 21.8 Å². The first-order chi connectivity index (χ1) is 16.9. The fraction of sp³-hybridized carbons (Fsp3) is 0.0800. The Balaban J connectivity index is 1.27. The Labute approximate surface area is 201 Å². The number of sulfonamides is 1. The molecule has 5 rings (SSSR count). The van der Waals surface area contributed by atoms with E-state index in [2.05, 4.69) is 16.0 Å². The van der Waals surface area contributed by atoms with Crippen molar-refractivity contribution >= 4 is 27.5 Å². The van der Waals surface area contributed by atoms with Gasteiger partial charge in [-0.2, -0.15) is 0 Å². The lowest BCUT2D eigenvalue weighted by Gasteiger charge is -2.20. The Morgan fingerprint density at radius 2 is 1.60 bits per heavy atom. The number of nitrogens with zero attached hydrogens (tertiary/aromatic N) is 2. The summed E-state index contributed by atoms with van der Waals surface area (Å²) in [6.45, 7) is 0.330. The minimum Gasteiger partial charge on any atom is -0.355 e. The number of hydrogen-bond acceptors (Lipinski definition) is 6. The molecule has 0 bridgehead atoms. The Kier molecular flexibility index (Phi) is 5.79. The van der Waals surface area contributed by atoms with Crippen LogP contribution in [0.15, 0.2) is 94.3 Å². The van der Waals surface area contributed by atoms with Gasteiger partial charge in [0.2, 0.25) is 0 Å². The summed E-state index contributed by atoms with van der Waals surface area (Å²) >= 11 is 0. The molecule has 4 aromatic rings. The summed E-state index contributed by atoms with van der Waals surface area (Å²) in [4.78, 5) is 25.0. The zero-order chi connectivity index (χ0) is 24.4. The van der Waals surface area contributed by atoms with Gasteiger partial charge in [0.05, 0.1) is 10.6 Å². The highest BCUT2D eigenvalue weighted by atomic mass is 32.2. The molecule has 0 spiro atoms. The van der Waals surface area contributed by atoms with Crippen LogP contribution in [0.5, 0.6) is 0 Å². The second kappa shape index (κ2) is 9.07. The van der Waals surface area contributed by atoms with Crippen molar-refractivity contribution in [2.24, 2.45) is 0 Å². The summed E-state index contributed by atoms with van der Waals surface area (Å²) in [5, 5.41) is 3.73. The second-order valence-corrected chi connectivity index (χ2v) is 9.70. The van der Waals surface area contributed by atoms with Crippen molar-refractivity contribution in [3.05, 3.63) is 102 Å². The number of hydrazine groups is 1. The number of carbonyl (C=O) groups excluding carboxylic acids is 2. The highest BCUT2D eigenvalue weighted by molar-refractivity contribution is 7.92. The molecule has 0 fully saturated rings. The number of amides is 2. The lowest BCUT2D eigenvalue weighted by atomic mass is 10.1. The Morgan fingerprint density at radius 1 is 0.857 bits per heavy atom. The molecule has 10 heteroatoms. The third-order valence-corrected chi connectivity index (χ3v) is 7.43. The summed E-state index contributed by atoms with van der Waals surface area (Å²) < 4.78 is 33.0. The van der Waals surface area contributed by atoms with E-state index in [1.54, 1.807) is 12.1 Å². The van der Waals surface area contributed by atoms with E-state index in [0.717, 1.165) is 11.1 Å². The molecule has 176 valence electrons. The largest absolute Gasteiger partial charge is 0.355 e. The van der Waals surface area contributed by atoms with Crippen molar-refractivity contribution in [2.45, 2.75) is 11.3 Å². The molecule has 2 heterocycles. The average molecular weight is 489 g/mol. The number of hydrogen-bond donors (Lipinski definition) is 2. The number of carbonyl (C=O) groups is 2. The van der Waals surface area contributed by atoms with E-state index in [-0.39, 0.29) is 16.2 Å². The maximum atomic E-state index is 13.2. The monoisotopic (exact) mass is 488 g/mol. The first kappa shape index (κ1) is 22.4. The van der Waals surface area contributed by atoms with Crippen LogP contribution in [0.2, 0.25) is 0 Å². The van der Waals surface area contributed by atoms with Crippen molar-refractivity contribution in [3.63, 3.8) is 0 Å². The van der Waals surface area contributed by atoms with Crippen LogP contribution >= 0.6 is 0 Å². The minimum absolute atomic E-state index is 0.0165. The first-order valence-electron chi connectivity index (χ1n) is 10.8. The van der Waals surface area contributed by atoms with Crippen LogP contribution in [0.3, 0.4) is 0 Å². The molecular formula is C25H20N4O5S. The van der Waals surface area contributed by atoms with Gasteiger partial charge >= 0.3 is 0 Å². The molecule has 0 saturated heterocycles. The normalized spacial score (nSPS) is 12.7. The summed E-state index contributed by atoms with van der Waals surface area (Å²) in [5.41, 5.74) is 6.94. The maximum absolute atomic E-state index is 13.2. The molecule has 0 aliphatic carbocycles. The van der Waals surface area contributed by atoms with Gasteiger partial charge in [-0.05, 0) is 36.2 Å². The van der Waals surface area contributed by atoms with Gasteiger partial charge in [-0.25, -0.2) is 8.42 Å². The molecule has 1 aliphatic rings. The standard InChI is InChI=1S/C25H20N4O5S/c30-24(26-27-25(31)21-16-23(34-28-21)18-8-2-1-3-9-18)19-10-6-11-20(15-19)35(32,33)29-14-13-17-7-4-5-12-22(17)29/h1-12,15-16H,13-14H2,(H,26,30)(H,27,31). The lowest BCUT2D eigenvalue weighted by Crippen LogP contribution is -2.41. The number of benzene rings is 3. The fourth-order valence-corrected chi connectivity index (χ4v) is 5.40. The molecule has 0 unspecified atom stereocenters. The molecule has 35 heavy (non-hydrogen) atoms.